The normalized spacial score (nSPS) is 25.2. The first kappa shape index (κ1) is 11.1. The molecule has 0 aromatic rings. The van der Waals surface area contributed by atoms with Crippen LogP contribution in [0.5, 0.6) is 0 Å². The molecular formula is C10H16FN5. The number of amidine groups is 1. The number of alkyl halides is 1. The van der Waals surface area contributed by atoms with Gasteiger partial charge in [0.2, 0.25) is 0 Å². The number of rotatable bonds is 2. The largest absolute Gasteiger partial charge is 0.353 e. The van der Waals surface area contributed by atoms with Gasteiger partial charge in [-0.25, -0.2) is 14.8 Å². The fraction of sp³-hybridized carbons (Fsp3) is 0.500. The lowest BCUT2D eigenvalue weighted by Gasteiger charge is -2.26. The van der Waals surface area contributed by atoms with Gasteiger partial charge in [0.05, 0.1) is 13.2 Å². The third-order valence-corrected chi connectivity index (χ3v) is 2.61. The summed E-state index contributed by atoms with van der Waals surface area (Å²) in [6.07, 6.45) is 3.45. The average molecular weight is 225 g/mol. The Labute approximate surface area is 94.1 Å². The van der Waals surface area contributed by atoms with E-state index in [0.717, 1.165) is 5.84 Å². The van der Waals surface area contributed by atoms with Gasteiger partial charge in [-0.05, 0) is 12.5 Å². The van der Waals surface area contributed by atoms with E-state index in [9.17, 15) is 4.39 Å². The van der Waals surface area contributed by atoms with E-state index in [4.69, 9.17) is 5.73 Å². The molecule has 3 N–H and O–H groups in total. The molecule has 0 spiro atoms. The van der Waals surface area contributed by atoms with Gasteiger partial charge >= 0.3 is 0 Å². The van der Waals surface area contributed by atoms with E-state index in [0.29, 0.717) is 32.0 Å². The maximum absolute atomic E-state index is 13.0. The summed E-state index contributed by atoms with van der Waals surface area (Å²) in [6, 6.07) is 0. The van der Waals surface area contributed by atoms with Crippen LogP contribution in [0.15, 0.2) is 29.7 Å². The molecule has 0 saturated carbocycles. The topological polar surface area (TPSA) is 56.9 Å². The van der Waals surface area contributed by atoms with E-state index < -0.39 is 6.17 Å². The minimum Gasteiger partial charge on any atom is -0.353 e. The molecule has 16 heavy (non-hydrogen) atoms. The molecule has 0 radical (unpaired) electrons. The summed E-state index contributed by atoms with van der Waals surface area (Å²) in [7, 11) is 0. The number of hydrazine groups is 1. The van der Waals surface area contributed by atoms with Crippen molar-refractivity contribution in [1.29, 1.82) is 0 Å². The fourth-order valence-electron chi connectivity index (χ4n) is 1.79. The van der Waals surface area contributed by atoms with Crippen molar-refractivity contribution in [3.63, 3.8) is 0 Å². The van der Waals surface area contributed by atoms with Gasteiger partial charge < -0.3 is 10.6 Å². The molecule has 2 aliphatic heterocycles. The SMILES string of the molecule is C=C1N=C(N2CCC(F)C2)C=CN1NCN. The van der Waals surface area contributed by atoms with Gasteiger partial charge in [-0.1, -0.05) is 6.58 Å². The van der Waals surface area contributed by atoms with Gasteiger partial charge in [-0.2, -0.15) is 0 Å². The maximum Gasteiger partial charge on any atom is 0.142 e. The Hall–Kier alpha value is -1.40. The molecule has 0 aromatic heterocycles. The van der Waals surface area contributed by atoms with Crippen molar-refractivity contribution >= 4 is 5.84 Å². The van der Waals surface area contributed by atoms with E-state index in [1.54, 1.807) is 11.2 Å². The number of aliphatic imine (C=N–C) groups is 1. The molecule has 2 heterocycles. The highest BCUT2D eigenvalue weighted by molar-refractivity contribution is 5.94. The van der Waals surface area contributed by atoms with Crippen molar-refractivity contribution in [2.24, 2.45) is 10.7 Å². The van der Waals surface area contributed by atoms with Crippen LogP contribution in [0.25, 0.3) is 0 Å². The number of halogens is 1. The van der Waals surface area contributed by atoms with Crippen LogP contribution in [0, 0.1) is 0 Å². The quantitative estimate of drug-likeness (QED) is 0.657. The molecule has 1 atom stereocenters. The molecule has 2 rings (SSSR count). The van der Waals surface area contributed by atoms with Gasteiger partial charge in [0, 0.05) is 12.7 Å². The Kier molecular flexibility index (Phi) is 3.21. The number of likely N-dealkylation sites (tertiary alicyclic amines) is 1. The highest BCUT2D eigenvalue weighted by Crippen LogP contribution is 2.17. The Morgan fingerprint density at radius 1 is 1.69 bits per heavy atom. The second kappa shape index (κ2) is 4.63. The first-order valence-corrected chi connectivity index (χ1v) is 5.28. The Morgan fingerprint density at radius 2 is 2.50 bits per heavy atom. The molecule has 0 bridgehead atoms. The Morgan fingerprint density at radius 3 is 3.06 bits per heavy atom. The lowest BCUT2D eigenvalue weighted by molar-refractivity contribution is 0.329. The van der Waals surface area contributed by atoms with Crippen molar-refractivity contribution < 1.29 is 4.39 Å². The standard InChI is InChI=1S/C10H16FN5/c1-8-14-10(3-5-16(8)13-7-12)15-4-2-9(11)6-15/h3,5,9,13H,1-2,4,6-7,12H2. The van der Waals surface area contributed by atoms with E-state index in [2.05, 4.69) is 17.0 Å². The molecule has 1 saturated heterocycles. The van der Waals surface area contributed by atoms with Crippen molar-refractivity contribution in [3.8, 4) is 0 Å². The maximum atomic E-state index is 13.0. The lowest BCUT2D eigenvalue weighted by atomic mass is 10.3. The third kappa shape index (κ3) is 2.23. The molecule has 0 aliphatic carbocycles. The van der Waals surface area contributed by atoms with E-state index >= 15 is 0 Å². The summed E-state index contributed by atoms with van der Waals surface area (Å²) >= 11 is 0. The number of nitrogens with two attached hydrogens (primary N) is 1. The highest BCUT2D eigenvalue weighted by atomic mass is 19.1. The lowest BCUT2D eigenvalue weighted by Crippen LogP contribution is -2.39. The van der Waals surface area contributed by atoms with E-state index in [1.165, 1.54) is 0 Å². The Bertz CT molecular complexity index is 338. The summed E-state index contributed by atoms with van der Waals surface area (Å²) < 4.78 is 13.0. The molecule has 2 aliphatic rings. The van der Waals surface area contributed by atoms with Crippen molar-refractivity contribution in [2.75, 3.05) is 19.8 Å². The number of nitrogens with zero attached hydrogens (tertiary/aromatic N) is 3. The Balaban J connectivity index is 2.01. The zero-order chi connectivity index (χ0) is 11.5. The highest BCUT2D eigenvalue weighted by Gasteiger charge is 2.24. The van der Waals surface area contributed by atoms with Crippen LogP contribution >= 0.6 is 0 Å². The van der Waals surface area contributed by atoms with Crippen LogP contribution in [-0.2, 0) is 0 Å². The second-order valence-corrected chi connectivity index (χ2v) is 3.77. The van der Waals surface area contributed by atoms with Crippen LogP contribution in [0.1, 0.15) is 6.42 Å². The van der Waals surface area contributed by atoms with Crippen molar-refractivity contribution in [3.05, 3.63) is 24.7 Å². The molecule has 0 aromatic carbocycles. The van der Waals surface area contributed by atoms with E-state index in [-0.39, 0.29) is 0 Å². The first-order valence-electron chi connectivity index (χ1n) is 5.28. The summed E-state index contributed by atoms with van der Waals surface area (Å²) in [5, 5.41) is 1.65. The minimum absolute atomic E-state index is 0.310. The molecule has 0 amide bonds. The summed E-state index contributed by atoms with van der Waals surface area (Å²) in [4.78, 5) is 6.22. The zero-order valence-corrected chi connectivity index (χ0v) is 9.06. The van der Waals surface area contributed by atoms with Crippen LogP contribution < -0.4 is 11.2 Å². The minimum atomic E-state index is -0.746. The van der Waals surface area contributed by atoms with Crippen LogP contribution in [-0.4, -0.2) is 41.7 Å². The molecule has 1 unspecified atom stereocenters. The zero-order valence-electron chi connectivity index (χ0n) is 9.06. The third-order valence-electron chi connectivity index (χ3n) is 2.61. The second-order valence-electron chi connectivity index (χ2n) is 3.77. The average Bonchev–Trinajstić information content (AvgIpc) is 2.68. The molecular weight excluding hydrogens is 209 g/mol. The summed E-state index contributed by atoms with van der Waals surface area (Å²) in [5.74, 6) is 1.32. The number of hydrogen-bond donors (Lipinski definition) is 2. The smallest absolute Gasteiger partial charge is 0.142 e. The molecule has 5 nitrogen and oxygen atoms in total. The molecule has 1 fully saturated rings. The molecule has 88 valence electrons. The van der Waals surface area contributed by atoms with Gasteiger partial charge in [-0.15, -0.1) is 0 Å². The van der Waals surface area contributed by atoms with Crippen LogP contribution in [0.4, 0.5) is 4.39 Å². The van der Waals surface area contributed by atoms with Gasteiger partial charge in [-0.3, -0.25) is 5.01 Å². The van der Waals surface area contributed by atoms with Crippen LogP contribution in [0.2, 0.25) is 0 Å². The van der Waals surface area contributed by atoms with Gasteiger partial charge in [0.1, 0.15) is 17.8 Å². The summed E-state index contributed by atoms with van der Waals surface area (Å²) in [6.45, 7) is 5.24. The van der Waals surface area contributed by atoms with Crippen molar-refractivity contribution in [2.45, 2.75) is 12.6 Å². The first-order chi connectivity index (χ1) is 7.70. The van der Waals surface area contributed by atoms with E-state index in [1.807, 2.05) is 11.0 Å². The van der Waals surface area contributed by atoms with Gasteiger partial charge in [0.15, 0.2) is 0 Å². The summed E-state index contributed by atoms with van der Waals surface area (Å²) in [5.41, 5.74) is 8.24. The van der Waals surface area contributed by atoms with Crippen LogP contribution in [0.3, 0.4) is 0 Å². The fourth-order valence-corrected chi connectivity index (χ4v) is 1.79. The predicted molar refractivity (Wildman–Crippen MR) is 60.8 cm³/mol. The number of nitrogens with one attached hydrogen (secondary N) is 1. The van der Waals surface area contributed by atoms with Crippen molar-refractivity contribution in [1.82, 2.24) is 15.3 Å². The monoisotopic (exact) mass is 225 g/mol. The molecule has 6 heteroatoms. The predicted octanol–water partition coefficient (Wildman–Crippen LogP) is 0.150. The van der Waals surface area contributed by atoms with Gasteiger partial charge in [0.25, 0.3) is 0 Å². The number of hydrogen-bond acceptors (Lipinski definition) is 5.